The summed E-state index contributed by atoms with van der Waals surface area (Å²) < 4.78 is 0. The fourth-order valence-corrected chi connectivity index (χ4v) is 1.99. The Morgan fingerprint density at radius 3 is 2.65 bits per heavy atom. The first-order chi connectivity index (χ1) is 8.25. The molecule has 1 heterocycles. The van der Waals surface area contributed by atoms with Gasteiger partial charge < -0.3 is 10.8 Å². The fraction of sp³-hybridized carbons (Fsp3) is 0.643. The maximum Gasteiger partial charge on any atom is 0.129 e. The molecule has 1 unspecified atom stereocenters. The van der Waals surface area contributed by atoms with Gasteiger partial charge in [-0.15, -0.1) is 0 Å². The second-order valence-corrected chi connectivity index (χ2v) is 4.55. The summed E-state index contributed by atoms with van der Waals surface area (Å²) in [5.41, 5.74) is 6.49. The molecule has 0 fully saturated rings. The molecule has 0 spiro atoms. The molecule has 3 heteroatoms. The van der Waals surface area contributed by atoms with Gasteiger partial charge in [0.25, 0.3) is 0 Å². The number of hydrogen-bond donors (Lipinski definition) is 2. The van der Waals surface area contributed by atoms with Crippen LogP contribution in [0.25, 0.3) is 0 Å². The van der Waals surface area contributed by atoms with Crippen LogP contribution in [-0.2, 0) is 0 Å². The van der Waals surface area contributed by atoms with Crippen LogP contribution in [0, 0.1) is 0 Å². The third kappa shape index (κ3) is 5.18. The van der Waals surface area contributed by atoms with Crippen molar-refractivity contribution in [1.29, 1.82) is 0 Å². The van der Waals surface area contributed by atoms with E-state index in [4.69, 9.17) is 5.73 Å². The number of hydrogen-bond acceptors (Lipinski definition) is 3. The highest BCUT2D eigenvalue weighted by molar-refractivity contribution is 5.39. The van der Waals surface area contributed by atoms with Gasteiger partial charge in [-0.3, -0.25) is 0 Å². The van der Waals surface area contributed by atoms with E-state index in [9.17, 15) is 5.11 Å². The Balaban J connectivity index is 2.21. The topological polar surface area (TPSA) is 59.1 Å². The lowest BCUT2D eigenvalue weighted by Gasteiger charge is -2.12. The second-order valence-electron chi connectivity index (χ2n) is 4.55. The Labute approximate surface area is 104 Å². The number of aliphatic hydroxyl groups excluding tert-OH is 1. The number of unbranched alkanes of at least 4 members (excludes halogenated alkanes) is 5. The predicted octanol–water partition coefficient (Wildman–Crippen LogP) is 3.45. The Kier molecular flexibility index (Phi) is 6.63. The number of nitrogen functional groups attached to an aromatic ring is 1. The van der Waals surface area contributed by atoms with Crippen LogP contribution < -0.4 is 5.73 Å². The molecule has 0 aromatic carbocycles. The van der Waals surface area contributed by atoms with Gasteiger partial charge >= 0.3 is 0 Å². The van der Waals surface area contributed by atoms with Crippen LogP contribution in [-0.4, -0.2) is 10.1 Å². The lowest BCUT2D eigenvalue weighted by Crippen LogP contribution is -2.03. The summed E-state index contributed by atoms with van der Waals surface area (Å²) in [7, 11) is 0. The third-order valence-corrected chi connectivity index (χ3v) is 3.06. The number of nitrogens with zero attached hydrogens (tertiary/aromatic N) is 1. The standard InChI is InChI=1S/C14H24N2O/c1-2-3-4-5-6-7-10-13(17)12-9-8-11-16-14(12)15/h8-9,11,13,17H,2-7,10H2,1H3,(H2,15,16). The predicted molar refractivity (Wildman–Crippen MR) is 71.6 cm³/mol. The fourth-order valence-electron chi connectivity index (χ4n) is 1.99. The van der Waals surface area contributed by atoms with Crippen LogP contribution in [0.3, 0.4) is 0 Å². The molecule has 0 aliphatic carbocycles. The van der Waals surface area contributed by atoms with E-state index in [1.165, 1.54) is 32.1 Å². The summed E-state index contributed by atoms with van der Waals surface area (Å²) in [6, 6.07) is 3.67. The zero-order valence-corrected chi connectivity index (χ0v) is 10.7. The Bertz CT molecular complexity index is 315. The van der Waals surface area contributed by atoms with Crippen molar-refractivity contribution in [3.63, 3.8) is 0 Å². The van der Waals surface area contributed by atoms with Gasteiger partial charge in [0.15, 0.2) is 0 Å². The summed E-state index contributed by atoms with van der Waals surface area (Å²) in [5, 5.41) is 9.98. The Hall–Kier alpha value is -1.09. The number of aromatic nitrogens is 1. The Morgan fingerprint density at radius 1 is 1.24 bits per heavy atom. The molecule has 3 nitrogen and oxygen atoms in total. The molecular formula is C14H24N2O. The first kappa shape index (κ1) is 14.0. The van der Waals surface area contributed by atoms with E-state index in [1.807, 2.05) is 12.1 Å². The molecular weight excluding hydrogens is 212 g/mol. The van der Waals surface area contributed by atoms with Gasteiger partial charge in [0.05, 0.1) is 6.10 Å². The van der Waals surface area contributed by atoms with Crippen molar-refractivity contribution in [2.75, 3.05) is 5.73 Å². The Morgan fingerprint density at radius 2 is 1.94 bits per heavy atom. The largest absolute Gasteiger partial charge is 0.388 e. The van der Waals surface area contributed by atoms with E-state index in [1.54, 1.807) is 6.20 Å². The van der Waals surface area contributed by atoms with Crippen molar-refractivity contribution in [3.05, 3.63) is 23.9 Å². The van der Waals surface area contributed by atoms with Gasteiger partial charge in [-0.05, 0) is 12.5 Å². The summed E-state index contributed by atoms with van der Waals surface area (Å²) >= 11 is 0. The quantitative estimate of drug-likeness (QED) is 0.680. The molecule has 17 heavy (non-hydrogen) atoms. The van der Waals surface area contributed by atoms with Crippen LogP contribution in [0.1, 0.15) is 63.5 Å². The van der Waals surface area contributed by atoms with Gasteiger partial charge in [0, 0.05) is 11.8 Å². The summed E-state index contributed by atoms with van der Waals surface area (Å²) in [5.74, 6) is 0.450. The highest BCUT2D eigenvalue weighted by Crippen LogP contribution is 2.23. The van der Waals surface area contributed by atoms with Crippen molar-refractivity contribution in [3.8, 4) is 0 Å². The van der Waals surface area contributed by atoms with Gasteiger partial charge in [0.2, 0.25) is 0 Å². The highest BCUT2D eigenvalue weighted by Gasteiger charge is 2.10. The molecule has 1 aromatic heterocycles. The molecule has 3 N–H and O–H groups in total. The molecule has 0 amide bonds. The molecule has 0 aliphatic heterocycles. The van der Waals surface area contributed by atoms with E-state index in [-0.39, 0.29) is 0 Å². The number of nitrogens with two attached hydrogens (primary N) is 1. The van der Waals surface area contributed by atoms with Crippen molar-refractivity contribution in [1.82, 2.24) is 4.98 Å². The third-order valence-electron chi connectivity index (χ3n) is 3.06. The second kappa shape index (κ2) is 8.07. The molecule has 1 rings (SSSR count). The molecule has 1 atom stereocenters. The van der Waals surface area contributed by atoms with E-state index in [0.29, 0.717) is 5.82 Å². The van der Waals surface area contributed by atoms with Crippen LogP contribution in [0.4, 0.5) is 5.82 Å². The van der Waals surface area contributed by atoms with E-state index in [2.05, 4.69) is 11.9 Å². The smallest absolute Gasteiger partial charge is 0.129 e. The average molecular weight is 236 g/mol. The van der Waals surface area contributed by atoms with Gasteiger partial charge in [0.1, 0.15) is 5.82 Å². The first-order valence-corrected chi connectivity index (χ1v) is 6.64. The van der Waals surface area contributed by atoms with Crippen LogP contribution in [0.15, 0.2) is 18.3 Å². The average Bonchev–Trinajstić information content (AvgIpc) is 2.34. The molecule has 0 saturated carbocycles. The molecule has 0 saturated heterocycles. The molecule has 0 aliphatic rings. The molecule has 1 aromatic rings. The van der Waals surface area contributed by atoms with Gasteiger partial charge in [-0.2, -0.15) is 0 Å². The maximum atomic E-state index is 9.98. The zero-order valence-electron chi connectivity index (χ0n) is 10.7. The number of rotatable bonds is 8. The SMILES string of the molecule is CCCCCCCCC(O)c1cccnc1N. The lowest BCUT2D eigenvalue weighted by molar-refractivity contribution is 0.163. The van der Waals surface area contributed by atoms with E-state index in [0.717, 1.165) is 18.4 Å². The van der Waals surface area contributed by atoms with E-state index >= 15 is 0 Å². The minimum absolute atomic E-state index is 0.450. The first-order valence-electron chi connectivity index (χ1n) is 6.64. The van der Waals surface area contributed by atoms with Crippen molar-refractivity contribution in [2.24, 2.45) is 0 Å². The summed E-state index contributed by atoms with van der Waals surface area (Å²) in [4.78, 5) is 3.99. The van der Waals surface area contributed by atoms with Crippen LogP contribution in [0.2, 0.25) is 0 Å². The van der Waals surface area contributed by atoms with Crippen LogP contribution in [0.5, 0.6) is 0 Å². The zero-order chi connectivity index (χ0) is 12.5. The maximum absolute atomic E-state index is 9.98. The summed E-state index contributed by atoms with van der Waals surface area (Å²) in [6.07, 6.45) is 9.38. The number of anilines is 1. The minimum atomic E-state index is -0.463. The van der Waals surface area contributed by atoms with Crippen molar-refractivity contribution >= 4 is 5.82 Å². The lowest BCUT2D eigenvalue weighted by atomic mass is 10.0. The normalized spacial score (nSPS) is 12.6. The summed E-state index contributed by atoms with van der Waals surface area (Å²) in [6.45, 7) is 2.22. The van der Waals surface area contributed by atoms with Crippen LogP contribution >= 0.6 is 0 Å². The highest BCUT2D eigenvalue weighted by atomic mass is 16.3. The molecule has 0 radical (unpaired) electrons. The van der Waals surface area contributed by atoms with E-state index < -0.39 is 6.10 Å². The number of aliphatic hydroxyl groups is 1. The van der Waals surface area contributed by atoms with Gasteiger partial charge in [-0.1, -0.05) is 51.5 Å². The van der Waals surface area contributed by atoms with Crippen molar-refractivity contribution in [2.45, 2.75) is 58.0 Å². The van der Waals surface area contributed by atoms with Gasteiger partial charge in [-0.25, -0.2) is 4.98 Å². The minimum Gasteiger partial charge on any atom is -0.388 e. The van der Waals surface area contributed by atoms with Crippen molar-refractivity contribution < 1.29 is 5.11 Å². The molecule has 96 valence electrons. The number of pyridine rings is 1. The molecule has 0 bridgehead atoms. The monoisotopic (exact) mass is 236 g/mol.